The summed E-state index contributed by atoms with van der Waals surface area (Å²) in [6.45, 7) is 10.9. The Morgan fingerprint density at radius 2 is 1.15 bits per heavy atom. The van der Waals surface area contributed by atoms with E-state index in [2.05, 4.69) is 42.5 Å². The van der Waals surface area contributed by atoms with Gasteiger partial charge >= 0.3 is 0 Å². The molecule has 0 bridgehead atoms. The molecule has 0 aromatic rings. The van der Waals surface area contributed by atoms with E-state index >= 15 is 0 Å². The van der Waals surface area contributed by atoms with E-state index in [4.69, 9.17) is 28.7 Å². The molecule has 0 spiro atoms. The van der Waals surface area contributed by atoms with Gasteiger partial charge in [-0.2, -0.15) is 0 Å². The van der Waals surface area contributed by atoms with Gasteiger partial charge in [0.15, 0.2) is 11.6 Å². The maximum Gasteiger partial charge on any atom is 0.245 e. The van der Waals surface area contributed by atoms with Crippen LogP contribution in [0.3, 0.4) is 0 Å². The number of amides is 8. The second-order valence-electron chi connectivity index (χ2n) is 21.7. The number of aliphatic hydroxyl groups excluding tert-OH is 2. The third-order valence-corrected chi connectivity index (χ3v) is 14.3. The van der Waals surface area contributed by atoms with Gasteiger partial charge in [0.05, 0.1) is 18.2 Å². The molecule has 0 radical (unpaired) electrons. The lowest BCUT2D eigenvalue weighted by Gasteiger charge is -2.29. The van der Waals surface area contributed by atoms with Crippen LogP contribution in [0.4, 0.5) is 0 Å². The molecule has 1 rings (SSSR count). The first-order chi connectivity index (χ1) is 37.8. The van der Waals surface area contributed by atoms with Crippen LogP contribution in [0, 0.1) is 29.6 Å². The predicted octanol–water partition coefficient (Wildman–Crippen LogP) is -2.81. The number of carbonyl (C=O) groups excluding carboxylic acids is 11. The van der Waals surface area contributed by atoms with Gasteiger partial charge in [0.2, 0.25) is 47.3 Å². The molecule has 20 N–H and O–H groups in total. The summed E-state index contributed by atoms with van der Waals surface area (Å²) < 4.78 is 0. The largest absolute Gasteiger partial charge is 0.391 e. The first-order valence-corrected chi connectivity index (χ1v) is 28.7. The van der Waals surface area contributed by atoms with Crippen molar-refractivity contribution in [3.8, 4) is 0 Å². The van der Waals surface area contributed by atoms with E-state index in [9.17, 15) is 63.0 Å². The minimum atomic E-state index is -1.66. The maximum atomic E-state index is 14.5. The van der Waals surface area contributed by atoms with Crippen molar-refractivity contribution in [2.24, 2.45) is 58.3 Å². The van der Waals surface area contributed by atoms with E-state index < -0.39 is 163 Å². The lowest BCUT2D eigenvalue weighted by atomic mass is 9.88. The van der Waals surface area contributed by atoms with Crippen molar-refractivity contribution in [2.45, 2.75) is 206 Å². The van der Waals surface area contributed by atoms with Crippen molar-refractivity contribution < 1.29 is 63.0 Å². The molecule has 0 saturated carbocycles. The predicted molar refractivity (Wildman–Crippen MR) is 300 cm³/mol. The van der Waals surface area contributed by atoms with Crippen LogP contribution in [-0.4, -0.2) is 169 Å². The highest BCUT2D eigenvalue weighted by Crippen LogP contribution is 2.21. The van der Waals surface area contributed by atoms with Gasteiger partial charge in [0.1, 0.15) is 42.0 Å². The molecule has 1 heterocycles. The number of nitrogens with one attached hydrogen (secondary N) is 8. The van der Waals surface area contributed by atoms with Gasteiger partial charge in [0, 0.05) is 50.0 Å². The van der Waals surface area contributed by atoms with Gasteiger partial charge in [-0.05, 0) is 110 Å². The molecule has 458 valence electrons. The van der Waals surface area contributed by atoms with E-state index in [0.29, 0.717) is 12.8 Å². The second kappa shape index (κ2) is 39.0. The van der Waals surface area contributed by atoms with Crippen molar-refractivity contribution in [2.75, 3.05) is 39.3 Å². The lowest BCUT2D eigenvalue weighted by Crippen LogP contribution is -2.60. The molecule has 1 saturated heterocycles. The summed E-state index contributed by atoms with van der Waals surface area (Å²) in [4.78, 5) is 153. The van der Waals surface area contributed by atoms with E-state index in [1.54, 1.807) is 13.8 Å². The van der Waals surface area contributed by atoms with Gasteiger partial charge in [-0.3, -0.25) is 52.7 Å². The molecule has 26 nitrogen and oxygen atoms in total. The Morgan fingerprint density at radius 1 is 0.613 bits per heavy atom. The van der Waals surface area contributed by atoms with Gasteiger partial charge < -0.3 is 81.4 Å². The zero-order valence-electron chi connectivity index (χ0n) is 48.4. The van der Waals surface area contributed by atoms with Gasteiger partial charge in [-0.15, -0.1) is 0 Å². The Labute approximate surface area is 472 Å². The number of hydrogen-bond donors (Lipinski definition) is 15. The van der Waals surface area contributed by atoms with Gasteiger partial charge in [0.25, 0.3) is 0 Å². The van der Waals surface area contributed by atoms with Crippen molar-refractivity contribution in [3.05, 3.63) is 0 Å². The Hall–Kier alpha value is -5.51. The summed E-state index contributed by atoms with van der Waals surface area (Å²) in [5, 5.41) is 42.3. The van der Waals surface area contributed by atoms with E-state index in [1.165, 1.54) is 13.8 Å². The highest BCUT2D eigenvalue weighted by Gasteiger charge is 2.38. The summed E-state index contributed by atoms with van der Waals surface area (Å²) in [7, 11) is 0. The number of carbonyl (C=O) groups is 11. The lowest BCUT2D eigenvalue weighted by molar-refractivity contribution is -0.137. The third-order valence-electron chi connectivity index (χ3n) is 14.3. The van der Waals surface area contributed by atoms with Crippen LogP contribution in [0.25, 0.3) is 0 Å². The van der Waals surface area contributed by atoms with Gasteiger partial charge in [-0.1, -0.05) is 60.3 Å². The number of aliphatic hydroxyl groups is 2. The standard InChI is InChI=1S/C54H99N13O13/c1-8-10-11-12-13-37(70)27-34(14-20-55)48(74)66-45(32(6)68)43(72)28-35(15-21-56)47(73)62-41-19-25-60-53(79)46(33(7)69)67-52(78)40(18-24-59)63-50(76)39(17-23-58)64-54(80)44(31(5)9-2)65-49(75)36(26-30(3)4)29-42(71)38(16-22-57)61-51(41)77/h30-36,38-41,44-46,68-69H,8-29,55-59H2,1-7H3,(H,60,79)(H,61,77)(H,62,73)(H,63,76)(H,64,80)(H,65,75)(H,66,74)(H,67,78)/t31-,32+,33+,34+,35+,36-,38-,39-,40-,41-,44-,45-,46-/m0/s1. The zero-order valence-corrected chi connectivity index (χ0v) is 48.4. The van der Waals surface area contributed by atoms with Crippen LogP contribution >= 0.6 is 0 Å². The monoisotopic (exact) mass is 1140 g/mol. The summed E-state index contributed by atoms with van der Waals surface area (Å²) in [6, 6.07) is -10.0. The number of rotatable bonds is 30. The minimum absolute atomic E-state index is 0.0631. The fourth-order valence-electron chi connectivity index (χ4n) is 9.33. The van der Waals surface area contributed by atoms with Crippen molar-refractivity contribution in [1.82, 2.24) is 42.5 Å². The fraction of sp³-hybridized carbons (Fsp3) is 0.796. The van der Waals surface area contributed by atoms with E-state index in [-0.39, 0.29) is 95.8 Å². The molecule has 26 heteroatoms. The SMILES string of the molecule is CCCCCCC(=O)C[C@@H](CCN)C(=O)N[C@H](C(=O)C[C@@H](CCN)C(=O)N[C@H]1CCNC(=O)[C@H]([C@@H](C)O)NC(=O)[C@H](CCN)NC(=O)[C@H](CCN)NC(=O)[C@H]([C@@H](C)CC)NC(=O)[C@@H](CC(C)C)CC(=O)[C@H](CCN)NC1=O)[C@@H](C)O. The smallest absolute Gasteiger partial charge is 0.245 e. The average molecular weight is 1140 g/mol. The Bertz CT molecular complexity index is 2010. The zero-order chi connectivity index (χ0) is 60.6. The molecule has 1 aliphatic heterocycles. The highest BCUT2D eigenvalue weighted by atomic mass is 16.3. The average Bonchev–Trinajstić information content (AvgIpc) is 3.39. The van der Waals surface area contributed by atoms with Gasteiger partial charge in [-0.25, -0.2) is 0 Å². The Balaban J connectivity index is 3.85. The first kappa shape index (κ1) is 72.5. The number of Topliss-reactive ketones (excluding diaryl/α,β-unsaturated/α-hetero) is 3. The molecule has 0 aromatic carbocycles. The van der Waals surface area contributed by atoms with Crippen LogP contribution in [0.1, 0.15) is 151 Å². The quantitative estimate of drug-likeness (QED) is 0.0323. The molecule has 80 heavy (non-hydrogen) atoms. The van der Waals surface area contributed by atoms with Crippen LogP contribution in [0.15, 0.2) is 0 Å². The normalized spacial score (nSPS) is 23.8. The summed E-state index contributed by atoms with van der Waals surface area (Å²) in [6.07, 6.45) is -0.643. The second-order valence-corrected chi connectivity index (χ2v) is 21.7. The third kappa shape index (κ3) is 25.9. The summed E-state index contributed by atoms with van der Waals surface area (Å²) >= 11 is 0. The number of ketones is 3. The maximum absolute atomic E-state index is 14.5. The summed E-state index contributed by atoms with van der Waals surface area (Å²) in [5.74, 6) is -12.0. The van der Waals surface area contributed by atoms with Crippen LogP contribution in [-0.2, 0) is 52.7 Å². The molecule has 13 atom stereocenters. The van der Waals surface area contributed by atoms with Crippen molar-refractivity contribution in [1.29, 1.82) is 0 Å². The molecule has 8 amide bonds. The number of hydrogen-bond acceptors (Lipinski definition) is 18. The van der Waals surface area contributed by atoms with E-state index in [1.807, 2.05) is 20.8 Å². The highest BCUT2D eigenvalue weighted by molar-refractivity contribution is 5.99. The topological polar surface area (TPSA) is 455 Å². The Kier molecular flexibility index (Phi) is 35.4. The number of unbranched alkanes of at least 4 members (excludes halogenated alkanes) is 3. The van der Waals surface area contributed by atoms with E-state index in [0.717, 1.165) is 19.3 Å². The minimum Gasteiger partial charge on any atom is -0.391 e. The van der Waals surface area contributed by atoms with Crippen LogP contribution in [0.2, 0.25) is 0 Å². The molecular formula is C54H99N13O13. The fourth-order valence-corrected chi connectivity index (χ4v) is 9.33. The Morgan fingerprint density at radius 3 is 1.68 bits per heavy atom. The molecule has 1 fully saturated rings. The molecule has 0 aromatic heterocycles. The molecular weight excluding hydrogens is 1040 g/mol. The molecule has 0 aliphatic carbocycles. The van der Waals surface area contributed by atoms with Crippen LogP contribution < -0.4 is 71.2 Å². The molecule has 1 aliphatic rings. The van der Waals surface area contributed by atoms with Crippen molar-refractivity contribution in [3.63, 3.8) is 0 Å². The van der Waals surface area contributed by atoms with Crippen LogP contribution in [0.5, 0.6) is 0 Å². The number of nitrogens with two attached hydrogens (primary N) is 5. The molecule has 0 unspecified atom stereocenters. The summed E-state index contributed by atoms with van der Waals surface area (Å²) in [5.41, 5.74) is 29.4. The first-order valence-electron chi connectivity index (χ1n) is 28.7. The van der Waals surface area contributed by atoms with Crippen molar-refractivity contribution >= 4 is 64.6 Å².